The molecule has 0 radical (unpaired) electrons. The lowest BCUT2D eigenvalue weighted by Gasteiger charge is -2.12. The van der Waals surface area contributed by atoms with Gasteiger partial charge in [0.25, 0.3) is 0 Å². The Kier molecular flexibility index (Phi) is 4.45. The molecular formula is C23H20N6O3. The van der Waals surface area contributed by atoms with Gasteiger partial charge in [-0.1, -0.05) is 12.1 Å². The van der Waals surface area contributed by atoms with E-state index < -0.39 is 0 Å². The zero-order valence-corrected chi connectivity index (χ0v) is 17.3. The molecule has 0 N–H and O–H groups in total. The molecule has 0 saturated carbocycles. The molecule has 0 atom stereocenters. The van der Waals surface area contributed by atoms with Gasteiger partial charge >= 0.3 is 6.09 Å². The monoisotopic (exact) mass is 428 g/mol. The Morgan fingerprint density at radius 2 is 1.97 bits per heavy atom. The molecule has 0 unspecified atom stereocenters. The van der Waals surface area contributed by atoms with E-state index in [0.29, 0.717) is 19.0 Å². The first-order chi connectivity index (χ1) is 15.8. The summed E-state index contributed by atoms with van der Waals surface area (Å²) in [6, 6.07) is 9.95. The number of hydrogen-bond acceptors (Lipinski definition) is 7. The summed E-state index contributed by atoms with van der Waals surface area (Å²) in [6.45, 7) is 1.64. The SMILES string of the molecule is O=C1OCCN1c1ccc(-c2cnc(CCc3cccc4c3CCO4)n3cnnc23)cn1. The zero-order valence-electron chi connectivity index (χ0n) is 17.3. The molecule has 160 valence electrons. The first-order valence-electron chi connectivity index (χ1n) is 10.6. The third-order valence-corrected chi connectivity index (χ3v) is 5.96. The highest BCUT2D eigenvalue weighted by atomic mass is 16.6. The average molecular weight is 428 g/mol. The average Bonchev–Trinajstić information content (AvgIpc) is 3.58. The second-order valence-electron chi connectivity index (χ2n) is 7.78. The van der Waals surface area contributed by atoms with Crippen LogP contribution in [0.4, 0.5) is 10.6 Å². The van der Waals surface area contributed by atoms with Gasteiger partial charge in [0.05, 0.1) is 13.2 Å². The highest BCUT2D eigenvalue weighted by Crippen LogP contribution is 2.29. The van der Waals surface area contributed by atoms with Crippen LogP contribution >= 0.6 is 0 Å². The minimum Gasteiger partial charge on any atom is -0.493 e. The fraction of sp³-hybridized carbons (Fsp3) is 0.261. The first kappa shape index (κ1) is 18.7. The van der Waals surface area contributed by atoms with Gasteiger partial charge in [0.2, 0.25) is 0 Å². The second kappa shape index (κ2) is 7.60. The first-order valence-corrected chi connectivity index (χ1v) is 10.6. The van der Waals surface area contributed by atoms with Crippen LogP contribution in [0.25, 0.3) is 16.8 Å². The van der Waals surface area contributed by atoms with Crippen molar-refractivity contribution in [3.63, 3.8) is 0 Å². The molecule has 2 aliphatic rings. The van der Waals surface area contributed by atoms with E-state index >= 15 is 0 Å². The number of fused-ring (bicyclic) bond motifs is 2. The Bertz CT molecular complexity index is 1320. The van der Waals surface area contributed by atoms with E-state index in [1.54, 1.807) is 18.6 Å². The topological polar surface area (TPSA) is 94.7 Å². The van der Waals surface area contributed by atoms with Gasteiger partial charge in [-0.3, -0.25) is 9.30 Å². The number of nitrogens with zero attached hydrogens (tertiary/aromatic N) is 6. The van der Waals surface area contributed by atoms with Crippen LogP contribution in [0.2, 0.25) is 0 Å². The van der Waals surface area contributed by atoms with Crippen LogP contribution in [-0.4, -0.2) is 50.4 Å². The van der Waals surface area contributed by atoms with Crippen LogP contribution in [0.5, 0.6) is 5.75 Å². The summed E-state index contributed by atoms with van der Waals surface area (Å²) in [7, 11) is 0. The van der Waals surface area contributed by atoms with Gasteiger partial charge < -0.3 is 9.47 Å². The maximum absolute atomic E-state index is 11.8. The van der Waals surface area contributed by atoms with Crippen LogP contribution in [-0.2, 0) is 24.0 Å². The lowest BCUT2D eigenvalue weighted by atomic mass is 10.0. The molecule has 1 aromatic carbocycles. The lowest BCUT2D eigenvalue weighted by molar-refractivity contribution is 0.181. The number of cyclic esters (lactones) is 1. The van der Waals surface area contributed by atoms with Crippen molar-refractivity contribution in [2.45, 2.75) is 19.3 Å². The summed E-state index contributed by atoms with van der Waals surface area (Å²) in [5, 5.41) is 8.44. The second-order valence-corrected chi connectivity index (χ2v) is 7.78. The summed E-state index contributed by atoms with van der Waals surface area (Å²) in [4.78, 5) is 22.4. The predicted molar refractivity (Wildman–Crippen MR) is 116 cm³/mol. The molecule has 3 aromatic heterocycles. The predicted octanol–water partition coefficient (Wildman–Crippen LogP) is 2.86. The molecule has 6 rings (SSSR count). The molecule has 1 fully saturated rings. The van der Waals surface area contributed by atoms with Crippen molar-refractivity contribution in [1.29, 1.82) is 0 Å². The number of hydrogen-bond donors (Lipinski definition) is 0. The largest absolute Gasteiger partial charge is 0.493 e. The number of pyridine rings is 1. The number of carbonyl (C=O) groups is 1. The van der Waals surface area contributed by atoms with E-state index in [1.807, 2.05) is 28.8 Å². The Hall–Kier alpha value is -4.01. The van der Waals surface area contributed by atoms with Crippen molar-refractivity contribution in [2.75, 3.05) is 24.7 Å². The van der Waals surface area contributed by atoms with Crippen molar-refractivity contribution in [2.24, 2.45) is 0 Å². The minimum atomic E-state index is -0.369. The number of benzene rings is 1. The maximum atomic E-state index is 11.8. The third-order valence-electron chi connectivity index (χ3n) is 5.96. The Morgan fingerprint density at radius 3 is 2.81 bits per heavy atom. The van der Waals surface area contributed by atoms with Gasteiger partial charge in [-0.25, -0.2) is 14.8 Å². The van der Waals surface area contributed by atoms with E-state index in [-0.39, 0.29) is 6.09 Å². The van der Waals surface area contributed by atoms with Gasteiger partial charge in [-0.15, -0.1) is 10.2 Å². The Labute approximate surface area is 183 Å². The fourth-order valence-electron chi connectivity index (χ4n) is 4.34. The smallest absolute Gasteiger partial charge is 0.415 e. The van der Waals surface area contributed by atoms with Crippen LogP contribution < -0.4 is 9.64 Å². The number of amides is 1. The Morgan fingerprint density at radius 1 is 1.00 bits per heavy atom. The normalized spacial score (nSPS) is 15.1. The fourth-order valence-corrected chi connectivity index (χ4v) is 4.34. The van der Waals surface area contributed by atoms with E-state index in [2.05, 4.69) is 21.2 Å². The molecule has 9 nitrogen and oxygen atoms in total. The van der Waals surface area contributed by atoms with Gasteiger partial charge in [-0.2, -0.15) is 0 Å². The molecule has 32 heavy (non-hydrogen) atoms. The molecule has 9 heteroatoms. The highest BCUT2D eigenvalue weighted by molar-refractivity contribution is 5.88. The van der Waals surface area contributed by atoms with E-state index in [9.17, 15) is 4.79 Å². The van der Waals surface area contributed by atoms with Crippen molar-refractivity contribution in [3.05, 3.63) is 66.0 Å². The molecule has 0 bridgehead atoms. The molecule has 0 spiro atoms. The molecule has 2 aliphatic heterocycles. The van der Waals surface area contributed by atoms with Crippen molar-refractivity contribution in [1.82, 2.24) is 24.6 Å². The van der Waals surface area contributed by atoms with E-state index in [4.69, 9.17) is 14.5 Å². The number of ether oxygens (including phenoxy) is 2. The maximum Gasteiger partial charge on any atom is 0.415 e. The van der Waals surface area contributed by atoms with Gasteiger partial charge in [0.15, 0.2) is 5.65 Å². The van der Waals surface area contributed by atoms with Crippen LogP contribution in [0.15, 0.2) is 49.1 Å². The van der Waals surface area contributed by atoms with E-state index in [0.717, 1.165) is 54.2 Å². The van der Waals surface area contributed by atoms with Crippen LogP contribution in [0.3, 0.4) is 0 Å². The summed E-state index contributed by atoms with van der Waals surface area (Å²) < 4.78 is 12.6. The number of carbonyl (C=O) groups excluding carboxylic acids is 1. The van der Waals surface area contributed by atoms with Crippen LogP contribution in [0, 0.1) is 0 Å². The molecule has 5 heterocycles. The zero-order chi connectivity index (χ0) is 21.5. The number of aryl methyl sites for hydroxylation is 2. The molecule has 0 aliphatic carbocycles. The van der Waals surface area contributed by atoms with Crippen LogP contribution in [0.1, 0.15) is 17.0 Å². The quantitative estimate of drug-likeness (QED) is 0.482. The lowest BCUT2D eigenvalue weighted by Crippen LogP contribution is -2.24. The summed E-state index contributed by atoms with van der Waals surface area (Å²) in [6.07, 6.45) is 7.46. The number of aromatic nitrogens is 5. The highest BCUT2D eigenvalue weighted by Gasteiger charge is 2.24. The van der Waals surface area contributed by atoms with Crippen molar-refractivity contribution in [3.8, 4) is 16.9 Å². The summed E-state index contributed by atoms with van der Waals surface area (Å²) >= 11 is 0. The van der Waals surface area contributed by atoms with Gasteiger partial charge in [0, 0.05) is 41.9 Å². The molecule has 1 saturated heterocycles. The van der Waals surface area contributed by atoms with Crippen molar-refractivity contribution >= 4 is 17.6 Å². The summed E-state index contributed by atoms with van der Waals surface area (Å²) in [5.41, 5.74) is 5.02. The number of anilines is 1. The number of rotatable bonds is 5. The standard InChI is InChI=1S/C23H20N6O3/c30-23-28(9-11-32-23)20-7-5-16(12-24-20)18-13-25-21(29-14-26-27-22(18)29)6-4-15-2-1-3-19-17(15)8-10-31-19/h1-3,5,7,12-14H,4,6,8-11H2. The molecule has 1 amide bonds. The third kappa shape index (κ3) is 3.13. The Balaban J connectivity index is 1.27. The van der Waals surface area contributed by atoms with Crippen molar-refractivity contribution < 1.29 is 14.3 Å². The minimum absolute atomic E-state index is 0.369. The van der Waals surface area contributed by atoms with Gasteiger partial charge in [-0.05, 0) is 30.2 Å². The molecule has 4 aromatic rings. The van der Waals surface area contributed by atoms with Gasteiger partial charge in [0.1, 0.15) is 30.3 Å². The van der Waals surface area contributed by atoms with E-state index in [1.165, 1.54) is 16.0 Å². The molecular weight excluding hydrogens is 408 g/mol. The summed E-state index contributed by atoms with van der Waals surface area (Å²) in [5.74, 6) is 2.46.